The highest BCUT2D eigenvalue weighted by atomic mass is 16.5. The van der Waals surface area contributed by atoms with Crippen LogP contribution in [0.1, 0.15) is 29.1 Å². The lowest BCUT2D eigenvalue weighted by atomic mass is 10.0. The minimum Gasteiger partial charge on any atom is -0.361 e. The Morgan fingerprint density at radius 2 is 2.00 bits per heavy atom. The van der Waals surface area contributed by atoms with Crippen molar-refractivity contribution < 1.29 is 4.52 Å². The molecule has 4 heterocycles. The van der Waals surface area contributed by atoms with Crippen LogP contribution in [0.4, 0.5) is 0 Å². The minimum absolute atomic E-state index is 0.657. The van der Waals surface area contributed by atoms with E-state index in [4.69, 9.17) is 9.51 Å². The number of pyridine rings is 2. The lowest BCUT2D eigenvalue weighted by Gasteiger charge is -2.16. The maximum atomic E-state index is 5.29. The molecule has 4 rings (SSSR count). The Hall–Kier alpha value is -2.53. The van der Waals surface area contributed by atoms with E-state index >= 15 is 0 Å². The summed E-state index contributed by atoms with van der Waals surface area (Å²) in [7, 11) is 0. The van der Waals surface area contributed by atoms with Gasteiger partial charge in [-0.05, 0) is 69.0 Å². The van der Waals surface area contributed by atoms with E-state index in [9.17, 15) is 0 Å². The first-order valence-corrected chi connectivity index (χ1v) is 9.19. The van der Waals surface area contributed by atoms with E-state index in [0.29, 0.717) is 5.92 Å². The van der Waals surface area contributed by atoms with Crippen molar-refractivity contribution >= 4 is 0 Å². The molecule has 26 heavy (non-hydrogen) atoms. The Morgan fingerprint density at radius 3 is 2.77 bits per heavy atom. The Bertz CT molecular complexity index is 855. The highest BCUT2D eigenvalue weighted by Gasteiger charge is 2.23. The molecule has 0 amide bonds. The van der Waals surface area contributed by atoms with Crippen molar-refractivity contribution in [1.82, 2.24) is 20.0 Å². The zero-order valence-electron chi connectivity index (χ0n) is 15.4. The summed E-state index contributed by atoms with van der Waals surface area (Å²) < 4.78 is 5.29. The van der Waals surface area contributed by atoms with Gasteiger partial charge in [0.1, 0.15) is 5.76 Å². The van der Waals surface area contributed by atoms with Crippen LogP contribution in [0.3, 0.4) is 0 Å². The van der Waals surface area contributed by atoms with Crippen molar-refractivity contribution in [2.45, 2.75) is 33.2 Å². The predicted octanol–water partition coefficient (Wildman–Crippen LogP) is 3.81. The van der Waals surface area contributed by atoms with Crippen LogP contribution in [0.15, 0.2) is 47.2 Å². The summed E-state index contributed by atoms with van der Waals surface area (Å²) in [5.41, 5.74) is 5.37. The van der Waals surface area contributed by atoms with E-state index in [2.05, 4.69) is 39.3 Å². The number of aromatic nitrogens is 3. The zero-order chi connectivity index (χ0) is 17.9. The summed E-state index contributed by atoms with van der Waals surface area (Å²) in [5, 5.41) is 4.05. The van der Waals surface area contributed by atoms with Gasteiger partial charge in [0, 0.05) is 31.2 Å². The maximum Gasteiger partial charge on any atom is 0.143 e. The highest BCUT2D eigenvalue weighted by molar-refractivity contribution is 5.63. The van der Waals surface area contributed by atoms with Gasteiger partial charge in [0.25, 0.3) is 0 Å². The molecule has 0 unspecified atom stereocenters. The number of likely N-dealkylation sites (tertiary alicyclic amines) is 1. The van der Waals surface area contributed by atoms with Crippen molar-refractivity contribution in [1.29, 1.82) is 0 Å². The van der Waals surface area contributed by atoms with E-state index in [-0.39, 0.29) is 0 Å². The lowest BCUT2D eigenvalue weighted by molar-refractivity contribution is 0.316. The van der Waals surface area contributed by atoms with Crippen LogP contribution >= 0.6 is 0 Å². The van der Waals surface area contributed by atoms with Crippen LogP contribution in [0, 0.1) is 19.8 Å². The first-order valence-electron chi connectivity index (χ1n) is 9.19. The number of hydrogen-bond acceptors (Lipinski definition) is 5. The molecular weight excluding hydrogens is 324 g/mol. The number of rotatable bonds is 5. The van der Waals surface area contributed by atoms with E-state index in [1.807, 2.05) is 32.3 Å². The van der Waals surface area contributed by atoms with Crippen LogP contribution in [0.5, 0.6) is 0 Å². The molecular formula is C21H24N4O. The van der Waals surface area contributed by atoms with Crippen LogP contribution in [-0.2, 0) is 13.0 Å². The average Bonchev–Trinajstić information content (AvgIpc) is 3.22. The van der Waals surface area contributed by atoms with Crippen molar-refractivity contribution in [3.63, 3.8) is 0 Å². The molecule has 0 saturated carbocycles. The fourth-order valence-electron chi connectivity index (χ4n) is 3.85. The average molecular weight is 348 g/mol. The molecule has 0 N–H and O–H groups in total. The summed E-state index contributed by atoms with van der Waals surface area (Å²) in [5.74, 6) is 1.49. The Kier molecular flexibility index (Phi) is 4.80. The van der Waals surface area contributed by atoms with Crippen molar-refractivity contribution in [2.75, 3.05) is 13.1 Å². The van der Waals surface area contributed by atoms with Gasteiger partial charge in [-0.1, -0.05) is 11.2 Å². The van der Waals surface area contributed by atoms with Gasteiger partial charge in [-0.2, -0.15) is 0 Å². The monoisotopic (exact) mass is 348 g/mol. The third-order valence-corrected chi connectivity index (χ3v) is 5.12. The molecule has 3 aromatic heterocycles. The van der Waals surface area contributed by atoms with E-state index in [1.54, 1.807) is 0 Å². The van der Waals surface area contributed by atoms with Gasteiger partial charge in [-0.25, -0.2) is 0 Å². The zero-order valence-corrected chi connectivity index (χ0v) is 15.4. The third-order valence-electron chi connectivity index (χ3n) is 5.12. The summed E-state index contributed by atoms with van der Waals surface area (Å²) in [6, 6.07) is 10.5. The number of hydrogen-bond donors (Lipinski definition) is 0. The molecule has 0 spiro atoms. The molecule has 134 valence electrons. The second-order valence-corrected chi connectivity index (χ2v) is 7.16. The van der Waals surface area contributed by atoms with Gasteiger partial charge in [0.15, 0.2) is 0 Å². The molecule has 0 aromatic carbocycles. The van der Waals surface area contributed by atoms with Gasteiger partial charge >= 0.3 is 0 Å². The summed E-state index contributed by atoms with van der Waals surface area (Å²) >= 11 is 0. The Balaban J connectivity index is 1.41. The normalized spacial score (nSPS) is 17.7. The smallest absolute Gasteiger partial charge is 0.143 e. The SMILES string of the molecule is Cc1noc(C)c1-c1cccc(C[C@@H]2CCN(Cc3ccncc3)C2)n1. The molecule has 5 nitrogen and oxygen atoms in total. The molecule has 0 bridgehead atoms. The molecule has 1 saturated heterocycles. The molecule has 1 fully saturated rings. The fourth-order valence-corrected chi connectivity index (χ4v) is 3.85. The molecule has 1 aliphatic heterocycles. The Morgan fingerprint density at radius 1 is 1.15 bits per heavy atom. The molecule has 1 atom stereocenters. The fraction of sp³-hybridized carbons (Fsp3) is 0.381. The van der Waals surface area contributed by atoms with Gasteiger partial charge in [0.05, 0.1) is 17.0 Å². The van der Waals surface area contributed by atoms with Crippen LogP contribution in [0.25, 0.3) is 11.3 Å². The van der Waals surface area contributed by atoms with Gasteiger partial charge in [-0.15, -0.1) is 0 Å². The number of aryl methyl sites for hydroxylation is 2. The van der Waals surface area contributed by atoms with Crippen molar-refractivity contribution in [3.05, 3.63) is 65.4 Å². The second-order valence-electron chi connectivity index (χ2n) is 7.16. The molecule has 5 heteroatoms. The van der Waals surface area contributed by atoms with Gasteiger partial charge in [-0.3, -0.25) is 14.9 Å². The summed E-state index contributed by atoms with van der Waals surface area (Å²) in [6.45, 7) is 7.19. The first kappa shape index (κ1) is 16.9. The topological polar surface area (TPSA) is 55.1 Å². The Labute approximate surface area is 154 Å². The van der Waals surface area contributed by atoms with Gasteiger partial charge < -0.3 is 4.52 Å². The lowest BCUT2D eigenvalue weighted by Crippen LogP contribution is -2.20. The van der Waals surface area contributed by atoms with E-state index < -0.39 is 0 Å². The summed E-state index contributed by atoms with van der Waals surface area (Å²) in [4.78, 5) is 11.5. The first-order chi connectivity index (χ1) is 12.7. The number of nitrogens with zero attached hydrogens (tertiary/aromatic N) is 4. The standard InChI is InChI=1S/C21H24N4O/c1-15-21(16(2)26-24-15)20-5-3-4-19(23-20)12-18-8-11-25(14-18)13-17-6-9-22-10-7-17/h3-7,9-10,18H,8,11-14H2,1-2H3/t18-/m0/s1. The molecule has 3 aromatic rings. The molecule has 0 aliphatic carbocycles. The maximum absolute atomic E-state index is 5.29. The third kappa shape index (κ3) is 3.68. The van der Waals surface area contributed by atoms with Crippen LogP contribution in [-0.4, -0.2) is 33.1 Å². The van der Waals surface area contributed by atoms with Crippen LogP contribution < -0.4 is 0 Å². The second kappa shape index (κ2) is 7.38. The van der Waals surface area contributed by atoms with E-state index in [0.717, 1.165) is 54.5 Å². The minimum atomic E-state index is 0.657. The largest absolute Gasteiger partial charge is 0.361 e. The van der Waals surface area contributed by atoms with E-state index in [1.165, 1.54) is 12.0 Å². The highest BCUT2D eigenvalue weighted by Crippen LogP contribution is 2.27. The van der Waals surface area contributed by atoms with Crippen LogP contribution in [0.2, 0.25) is 0 Å². The quantitative estimate of drug-likeness (QED) is 0.702. The molecule has 0 radical (unpaired) electrons. The van der Waals surface area contributed by atoms with Gasteiger partial charge in [0.2, 0.25) is 0 Å². The predicted molar refractivity (Wildman–Crippen MR) is 101 cm³/mol. The van der Waals surface area contributed by atoms with Crippen molar-refractivity contribution in [3.8, 4) is 11.3 Å². The van der Waals surface area contributed by atoms with Crippen molar-refractivity contribution in [2.24, 2.45) is 5.92 Å². The summed E-state index contributed by atoms with van der Waals surface area (Å²) in [6.07, 6.45) is 5.98. The molecule has 1 aliphatic rings.